The van der Waals surface area contributed by atoms with E-state index in [1.807, 2.05) is 0 Å². The van der Waals surface area contributed by atoms with Crippen molar-refractivity contribution in [3.8, 4) is 0 Å². The van der Waals surface area contributed by atoms with Crippen molar-refractivity contribution in [3.63, 3.8) is 0 Å². The van der Waals surface area contributed by atoms with Gasteiger partial charge in [-0.15, -0.1) is 0 Å². The number of pyridine rings is 1. The van der Waals surface area contributed by atoms with Crippen LogP contribution in [0.3, 0.4) is 0 Å². The molecule has 0 saturated carbocycles. The Morgan fingerprint density at radius 3 is 2.42 bits per heavy atom. The first-order valence-electron chi connectivity index (χ1n) is 6.65. The summed E-state index contributed by atoms with van der Waals surface area (Å²) < 4.78 is 0. The Morgan fingerprint density at radius 2 is 1.83 bits per heavy atom. The molecule has 1 aromatic heterocycles. The molecule has 0 unspecified atom stereocenters. The molecule has 0 bridgehead atoms. The number of nitrogens with one attached hydrogen (secondary N) is 1. The molecular weight excluding hydrogens is 336 g/mol. The van der Waals surface area contributed by atoms with Crippen LogP contribution >= 0.6 is 11.8 Å². The summed E-state index contributed by atoms with van der Waals surface area (Å²) in [5.74, 6) is -0.337. The van der Waals surface area contributed by atoms with Gasteiger partial charge in [-0.05, 0) is 18.6 Å². The van der Waals surface area contributed by atoms with Gasteiger partial charge in [-0.3, -0.25) is 25.0 Å². The average Bonchev–Trinajstić information content (AvgIpc) is 2.55. The van der Waals surface area contributed by atoms with Crippen molar-refractivity contribution in [2.75, 3.05) is 11.1 Å². The summed E-state index contributed by atoms with van der Waals surface area (Å²) in [5.41, 5.74) is 0.829. The van der Waals surface area contributed by atoms with Crippen molar-refractivity contribution in [1.82, 2.24) is 4.98 Å². The summed E-state index contributed by atoms with van der Waals surface area (Å²) in [7, 11) is 0. The maximum Gasteiger partial charge on any atom is 0.287 e. The molecule has 0 radical (unpaired) electrons. The number of amides is 1. The van der Waals surface area contributed by atoms with Gasteiger partial charge in [-0.1, -0.05) is 17.8 Å². The standard InChI is InChI=1S/C14H12N4O5S/c1-9-2-3-10(17(20)21)6-12(9)16-13(19)8-24-14-5-4-11(7-15-14)18(22)23/h2-7H,8H2,1H3,(H,16,19). The zero-order valence-electron chi connectivity index (χ0n) is 12.5. The van der Waals surface area contributed by atoms with Crippen molar-refractivity contribution in [2.24, 2.45) is 0 Å². The number of aromatic nitrogens is 1. The number of rotatable bonds is 6. The summed E-state index contributed by atoms with van der Waals surface area (Å²) >= 11 is 1.10. The van der Waals surface area contributed by atoms with Gasteiger partial charge in [0, 0.05) is 18.2 Å². The maximum atomic E-state index is 12.0. The van der Waals surface area contributed by atoms with E-state index in [0.717, 1.165) is 18.0 Å². The first-order valence-corrected chi connectivity index (χ1v) is 7.63. The topological polar surface area (TPSA) is 128 Å². The van der Waals surface area contributed by atoms with Crippen LogP contribution < -0.4 is 5.32 Å². The minimum absolute atomic E-state index is 0.0208. The number of nitrogens with zero attached hydrogens (tertiary/aromatic N) is 3. The molecule has 24 heavy (non-hydrogen) atoms. The van der Waals surface area contributed by atoms with E-state index in [2.05, 4.69) is 10.3 Å². The molecule has 0 fully saturated rings. The number of hydrogen-bond acceptors (Lipinski definition) is 7. The number of hydrogen-bond donors (Lipinski definition) is 1. The smallest absolute Gasteiger partial charge is 0.287 e. The van der Waals surface area contributed by atoms with Crippen LogP contribution in [-0.4, -0.2) is 26.5 Å². The molecule has 124 valence electrons. The van der Waals surface area contributed by atoms with Crippen LogP contribution in [0.15, 0.2) is 41.6 Å². The molecule has 0 aliphatic carbocycles. The number of thioether (sulfide) groups is 1. The molecule has 0 spiro atoms. The van der Waals surface area contributed by atoms with Gasteiger partial charge in [0.25, 0.3) is 11.4 Å². The Labute approximate surface area is 140 Å². The largest absolute Gasteiger partial charge is 0.325 e. The second-order valence-electron chi connectivity index (χ2n) is 4.70. The van der Waals surface area contributed by atoms with E-state index in [1.165, 1.54) is 24.3 Å². The monoisotopic (exact) mass is 348 g/mol. The van der Waals surface area contributed by atoms with Gasteiger partial charge in [0.05, 0.1) is 26.3 Å². The lowest BCUT2D eigenvalue weighted by Gasteiger charge is -2.08. The highest BCUT2D eigenvalue weighted by molar-refractivity contribution is 7.99. The number of benzene rings is 1. The van der Waals surface area contributed by atoms with E-state index in [1.54, 1.807) is 13.0 Å². The van der Waals surface area contributed by atoms with E-state index < -0.39 is 9.85 Å². The van der Waals surface area contributed by atoms with Crippen molar-refractivity contribution in [2.45, 2.75) is 11.9 Å². The molecular formula is C14H12N4O5S. The first kappa shape index (κ1) is 17.3. The fourth-order valence-corrected chi connectivity index (χ4v) is 2.39. The summed E-state index contributed by atoms with van der Waals surface area (Å²) in [6.45, 7) is 1.73. The van der Waals surface area contributed by atoms with Gasteiger partial charge in [0.1, 0.15) is 6.20 Å². The van der Waals surface area contributed by atoms with Crippen LogP contribution in [0.25, 0.3) is 0 Å². The first-order chi connectivity index (χ1) is 11.4. The number of nitro benzene ring substituents is 1. The van der Waals surface area contributed by atoms with E-state index in [4.69, 9.17) is 0 Å². The molecule has 2 aromatic rings. The molecule has 10 heteroatoms. The minimum atomic E-state index is -0.556. The molecule has 1 heterocycles. The minimum Gasteiger partial charge on any atom is -0.325 e. The lowest BCUT2D eigenvalue weighted by molar-refractivity contribution is -0.385. The predicted octanol–water partition coefficient (Wildman–Crippen LogP) is 2.94. The summed E-state index contributed by atoms with van der Waals surface area (Å²) in [6.07, 6.45) is 1.12. The molecule has 9 nitrogen and oxygen atoms in total. The zero-order valence-corrected chi connectivity index (χ0v) is 13.3. The number of non-ortho nitro benzene ring substituents is 1. The molecule has 0 aliphatic rings. The van der Waals surface area contributed by atoms with Crippen LogP contribution in [0.2, 0.25) is 0 Å². The van der Waals surface area contributed by atoms with Gasteiger partial charge in [-0.2, -0.15) is 0 Å². The van der Waals surface area contributed by atoms with Crippen LogP contribution in [0, 0.1) is 27.2 Å². The SMILES string of the molecule is Cc1ccc([N+](=O)[O-])cc1NC(=O)CSc1ccc([N+](=O)[O-])cn1. The zero-order chi connectivity index (χ0) is 17.7. The van der Waals surface area contributed by atoms with Gasteiger partial charge in [-0.25, -0.2) is 4.98 Å². The summed E-state index contributed by atoms with van der Waals surface area (Å²) in [5, 5.41) is 24.4. The Bertz CT molecular complexity index is 794. The average molecular weight is 348 g/mol. The normalized spacial score (nSPS) is 10.2. The molecule has 0 aliphatic heterocycles. The number of anilines is 1. The van der Waals surface area contributed by atoms with Crippen LogP contribution in [0.4, 0.5) is 17.1 Å². The highest BCUT2D eigenvalue weighted by Gasteiger charge is 2.12. The highest BCUT2D eigenvalue weighted by atomic mass is 32.2. The van der Waals surface area contributed by atoms with Crippen molar-refractivity contribution >= 4 is 34.7 Å². The van der Waals surface area contributed by atoms with E-state index in [-0.39, 0.29) is 23.0 Å². The lowest BCUT2D eigenvalue weighted by atomic mass is 10.2. The third-order valence-electron chi connectivity index (χ3n) is 2.99. The van der Waals surface area contributed by atoms with E-state index >= 15 is 0 Å². The molecule has 1 aromatic carbocycles. The van der Waals surface area contributed by atoms with E-state index in [9.17, 15) is 25.0 Å². The molecule has 1 N–H and O–H groups in total. The third-order valence-corrected chi connectivity index (χ3v) is 3.93. The lowest BCUT2D eigenvalue weighted by Crippen LogP contribution is -2.15. The second-order valence-corrected chi connectivity index (χ2v) is 5.70. The van der Waals surface area contributed by atoms with Crippen molar-refractivity contribution < 1.29 is 14.6 Å². The molecule has 0 saturated heterocycles. The van der Waals surface area contributed by atoms with Crippen LogP contribution in [0.1, 0.15) is 5.56 Å². The quantitative estimate of drug-likeness (QED) is 0.482. The Hall–Kier alpha value is -3.01. The summed E-state index contributed by atoms with van der Waals surface area (Å²) in [6, 6.07) is 6.97. The Morgan fingerprint density at radius 1 is 1.17 bits per heavy atom. The number of aryl methyl sites for hydroxylation is 1. The highest BCUT2D eigenvalue weighted by Crippen LogP contribution is 2.23. The second kappa shape index (κ2) is 7.51. The Balaban J connectivity index is 1.97. The molecule has 2 rings (SSSR count). The van der Waals surface area contributed by atoms with Crippen LogP contribution in [-0.2, 0) is 4.79 Å². The maximum absolute atomic E-state index is 12.0. The number of carbonyl (C=O) groups is 1. The van der Waals surface area contributed by atoms with Gasteiger partial charge in [0.15, 0.2) is 0 Å². The Kier molecular flexibility index (Phi) is 5.42. The fraction of sp³-hybridized carbons (Fsp3) is 0.143. The van der Waals surface area contributed by atoms with Gasteiger partial charge >= 0.3 is 0 Å². The molecule has 1 amide bonds. The number of nitro groups is 2. The van der Waals surface area contributed by atoms with E-state index in [0.29, 0.717) is 16.3 Å². The van der Waals surface area contributed by atoms with Crippen molar-refractivity contribution in [3.05, 3.63) is 62.3 Å². The van der Waals surface area contributed by atoms with Gasteiger partial charge < -0.3 is 5.32 Å². The summed E-state index contributed by atoms with van der Waals surface area (Å²) in [4.78, 5) is 36.1. The fourth-order valence-electron chi connectivity index (χ4n) is 1.75. The number of carbonyl (C=O) groups excluding carboxylic acids is 1. The van der Waals surface area contributed by atoms with Crippen molar-refractivity contribution in [1.29, 1.82) is 0 Å². The van der Waals surface area contributed by atoms with Crippen LogP contribution in [0.5, 0.6) is 0 Å². The molecule has 0 atom stereocenters. The third kappa shape index (κ3) is 4.49. The predicted molar refractivity (Wildman–Crippen MR) is 88.1 cm³/mol. The van der Waals surface area contributed by atoms with Gasteiger partial charge in [0.2, 0.25) is 5.91 Å².